The maximum Gasteiger partial charge on any atom is 0.340 e. The summed E-state index contributed by atoms with van der Waals surface area (Å²) in [6.07, 6.45) is 1.49. The van der Waals surface area contributed by atoms with Crippen LogP contribution >= 0.6 is 0 Å². The van der Waals surface area contributed by atoms with Crippen LogP contribution in [0.25, 0.3) is 0 Å². The average Bonchev–Trinajstić information content (AvgIpc) is 2.44. The van der Waals surface area contributed by atoms with Crippen molar-refractivity contribution in [3.8, 4) is 0 Å². The highest BCUT2D eigenvalue weighted by molar-refractivity contribution is 5.97. The zero-order chi connectivity index (χ0) is 15.1. The van der Waals surface area contributed by atoms with Crippen LogP contribution in [0.1, 0.15) is 43.1 Å². The number of hydrogen-bond donors (Lipinski definition) is 1. The largest absolute Gasteiger partial charge is 0.462 e. The normalized spacial score (nSPS) is 10.2. The van der Waals surface area contributed by atoms with E-state index in [1.807, 2.05) is 13.8 Å². The zero-order valence-electron chi connectivity index (χ0n) is 12.1. The van der Waals surface area contributed by atoms with Crippen molar-refractivity contribution in [2.75, 3.05) is 18.5 Å². The monoisotopic (exact) mass is 280 g/mol. The Morgan fingerprint density at radius 2 is 2.05 bits per heavy atom. The minimum atomic E-state index is -0.537. The van der Waals surface area contributed by atoms with Crippen molar-refractivity contribution >= 4 is 17.3 Å². The smallest absolute Gasteiger partial charge is 0.340 e. The van der Waals surface area contributed by atoms with Gasteiger partial charge in [-0.05, 0) is 25.3 Å². The Balaban J connectivity index is 3.35. The van der Waals surface area contributed by atoms with E-state index in [0.717, 1.165) is 12.0 Å². The lowest BCUT2D eigenvalue weighted by atomic mass is 10.0. The minimum Gasteiger partial charge on any atom is -0.462 e. The number of ether oxygens (including phenoxy) is 1. The second-order valence-corrected chi connectivity index (χ2v) is 4.29. The molecule has 1 aromatic rings. The summed E-state index contributed by atoms with van der Waals surface area (Å²) in [6, 6.07) is 2.77. The molecule has 0 aliphatic carbocycles. The lowest BCUT2D eigenvalue weighted by Crippen LogP contribution is -2.13. The van der Waals surface area contributed by atoms with Crippen LogP contribution in [-0.2, 0) is 11.2 Å². The summed E-state index contributed by atoms with van der Waals surface area (Å²) in [4.78, 5) is 22.5. The van der Waals surface area contributed by atoms with Gasteiger partial charge in [-0.2, -0.15) is 0 Å². The van der Waals surface area contributed by atoms with E-state index in [2.05, 4.69) is 5.32 Å². The molecule has 0 atom stereocenters. The fourth-order valence-corrected chi connectivity index (χ4v) is 1.90. The van der Waals surface area contributed by atoms with Gasteiger partial charge in [0.05, 0.1) is 22.8 Å². The van der Waals surface area contributed by atoms with Gasteiger partial charge in [0.15, 0.2) is 0 Å². The quantitative estimate of drug-likeness (QED) is 0.471. The van der Waals surface area contributed by atoms with E-state index < -0.39 is 10.9 Å². The van der Waals surface area contributed by atoms with Crippen molar-refractivity contribution in [1.82, 2.24) is 0 Å². The van der Waals surface area contributed by atoms with Gasteiger partial charge in [-0.25, -0.2) is 4.79 Å². The SMILES string of the molecule is CCCNc1c(CC)cc([N+](=O)[O-])cc1C(=O)OCC. The van der Waals surface area contributed by atoms with Crippen molar-refractivity contribution < 1.29 is 14.5 Å². The number of carbonyl (C=O) groups excluding carboxylic acids is 1. The summed E-state index contributed by atoms with van der Waals surface area (Å²) >= 11 is 0. The van der Waals surface area contributed by atoms with Crippen molar-refractivity contribution in [2.45, 2.75) is 33.6 Å². The van der Waals surface area contributed by atoms with Crippen LogP contribution < -0.4 is 5.32 Å². The molecule has 0 saturated carbocycles. The maximum absolute atomic E-state index is 12.0. The van der Waals surface area contributed by atoms with Gasteiger partial charge in [0.2, 0.25) is 0 Å². The summed E-state index contributed by atoms with van der Waals surface area (Å²) in [5.74, 6) is -0.537. The number of non-ortho nitro benzene ring substituents is 1. The van der Waals surface area contributed by atoms with E-state index in [1.54, 1.807) is 6.92 Å². The van der Waals surface area contributed by atoms with Crippen molar-refractivity contribution in [3.05, 3.63) is 33.4 Å². The van der Waals surface area contributed by atoms with E-state index in [0.29, 0.717) is 18.7 Å². The fourth-order valence-electron chi connectivity index (χ4n) is 1.90. The van der Waals surface area contributed by atoms with Gasteiger partial charge in [-0.15, -0.1) is 0 Å². The molecule has 0 spiro atoms. The summed E-state index contributed by atoms with van der Waals surface area (Å²) in [7, 11) is 0. The summed E-state index contributed by atoms with van der Waals surface area (Å²) in [5, 5.41) is 14.1. The van der Waals surface area contributed by atoms with E-state index >= 15 is 0 Å². The molecule has 0 heterocycles. The molecule has 1 aromatic carbocycles. The van der Waals surface area contributed by atoms with Gasteiger partial charge in [0, 0.05) is 18.7 Å². The van der Waals surface area contributed by atoms with Gasteiger partial charge in [0.25, 0.3) is 5.69 Å². The van der Waals surface area contributed by atoms with Gasteiger partial charge in [-0.3, -0.25) is 10.1 Å². The number of carbonyl (C=O) groups is 1. The van der Waals surface area contributed by atoms with Gasteiger partial charge in [0.1, 0.15) is 0 Å². The Hall–Kier alpha value is -2.11. The molecule has 110 valence electrons. The van der Waals surface area contributed by atoms with Gasteiger partial charge in [-0.1, -0.05) is 13.8 Å². The highest BCUT2D eigenvalue weighted by Gasteiger charge is 2.21. The summed E-state index contributed by atoms with van der Waals surface area (Å²) in [5.41, 5.74) is 1.52. The molecule has 0 bridgehead atoms. The first-order valence-corrected chi connectivity index (χ1v) is 6.77. The standard InChI is InChI=1S/C14H20N2O4/c1-4-7-15-13-10(5-2)8-11(16(18)19)9-12(13)14(17)20-6-3/h8-9,15H,4-7H2,1-3H3. The predicted octanol–water partition coefficient (Wildman–Crippen LogP) is 3.16. The molecule has 0 radical (unpaired) electrons. The Morgan fingerprint density at radius 3 is 2.55 bits per heavy atom. The molecule has 1 rings (SSSR count). The molecule has 0 aliphatic heterocycles. The first kappa shape index (κ1) is 15.9. The molecule has 0 aliphatic rings. The fraction of sp³-hybridized carbons (Fsp3) is 0.500. The topological polar surface area (TPSA) is 81.5 Å². The second kappa shape index (κ2) is 7.47. The summed E-state index contributed by atoms with van der Waals surface area (Å²) < 4.78 is 4.98. The minimum absolute atomic E-state index is 0.0908. The van der Waals surface area contributed by atoms with Crippen LogP contribution in [0.2, 0.25) is 0 Å². The Labute approximate surface area is 118 Å². The van der Waals surface area contributed by atoms with E-state index in [4.69, 9.17) is 4.74 Å². The maximum atomic E-state index is 12.0. The van der Waals surface area contributed by atoms with E-state index in [1.165, 1.54) is 12.1 Å². The molecule has 20 heavy (non-hydrogen) atoms. The Morgan fingerprint density at radius 1 is 1.35 bits per heavy atom. The zero-order valence-corrected chi connectivity index (χ0v) is 12.1. The van der Waals surface area contributed by atoms with Crippen LogP contribution in [0.5, 0.6) is 0 Å². The van der Waals surface area contributed by atoms with Crippen LogP contribution in [0.15, 0.2) is 12.1 Å². The highest BCUT2D eigenvalue weighted by Crippen LogP contribution is 2.28. The average molecular weight is 280 g/mol. The van der Waals surface area contributed by atoms with E-state index in [-0.39, 0.29) is 17.9 Å². The van der Waals surface area contributed by atoms with Crippen molar-refractivity contribution in [3.63, 3.8) is 0 Å². The van der Waals surface area contributed by atoms with Crippen LogP contribution in [0.4, 0.5) is 11.4 Å². The third kappa shape index (κ3) is 3.69. The third-order valence-electron chi connectivity index (χ3n) is 2.84. The molecule has 1 N–H and O–H groups in total. The Kier molecular flexibility index (Phi) is 5.96. The number of anilines is 1. The molecular weight excluding hydrogens is 260 g/mol. The molecule has 6 heteroatoms. The number of aryl methyl sites for hydroxylation is 1. The van der Waals surface area contributed by atoms with Crippen molar-refractivity contribution in [1.29, 1.82) is 0 Å². The lowest BCUT2D eigenvalue weighted by molar-refractivity contribution is -0.384. The first-order chi connectivity index (χ1) is 9.54. The number of rotatable bonds is 7. The third-order valence-corrected chi connectivity index (χ3v) is 2.84. The molecule has 0 saturated heterocycles. The number of benzene rings is 1. The number of esters is 1. The highest BCUT2D eigenvalue weighted by atomic mass is 16.6. The summed E-state index contributed by atoms with van der Waals surface area (Å²) in [6.45, 7) is 6.53. The molecule has 0 fully saturated rings. The first-order valence-electron chi connectivity index (χ1n) is 6.77. The van der Waals surface area contributed by atoms with Crippen LogP contribution in [-0.4, -0.2) is 24.0 Å². The molecule has 0 amide bonds. The van der Waals surface area contributed by atoms with Crippen LogP contribution in [0.3, 0.4) is 0 Å². The van der Waals surface area contributed by atoms with Crippen LogP contribution in [0, 0.1) is 10.1 Å². The van der Waals surface area contributed by atoms with E-state index in [9.17, 15) is 14.9 Å². The number of hydrogen-bond acceptors (Lipinski definition) is 5. The number of nitrogens with one attached hydrogen (secondary N) is 1. The molecule has 6 nitrogen and oxygen atoms in total. The predicted molar refractivity (Wildman–Crippen MR) is 77.2 cm³/mol. The Bertz CT molecular complexity index is 500. The van der Waals surface area contributed by atoms with Gasteiger partial charge >= 0.3 is 5.97 Å². The lowest BCUT2D eigenvalue weighted by Gasteiger charge is -2.15. The molecule has 0 aromatic heterocycles. The number of nitrogens with zero attached hydrogens (tertiary/aromatic N) is 1. The number of nitro benzene ring substituents is 1. The van der Waals surface area contributed by atoms with Crippen molar-refractivity contribution in [2.24, 2.45) is 0 Å². The van der Waals surface area contributed by atoms with Gasteiger partial charge < -0.3 is 10.1 Å². The molecule has 0 unspecified atom stereocenters. The second-order valence-electron chi connectivity index (χ2n) is 4.29. The molecular formula is C14H20N2O4. The number of nitro groups is 1.